The summed E-state index contributed by atoms with van der Waals surface area (Å²) >= 11 is 0. The molecule has 18 heavy (non-hydrogen) atoms. The van der Waals surface area contributed by atoms with Crippen LogP contribution in [0.3, 0.4) is 0 Å². The first-order valence-corrected chi connectivity index (χ1v) is 3.44. The normalized spacial score (nSPS) is 6.22. The van der Waals surface area contributed by atoms with Crippen molar-refractivity contribution in [1.82, 2.24) is 0 Å². The second kappa shape index (κ2) is 29.7. The molecule has 0 rings (SSSR count). The molecule has 0 aliphatic heterocycles. The molecule has 3 nitrogen and oxygen atoms in total. The molecule has 0 aliphatic carbocycles. The number of halogens is 4. The molecule has 0 saturated carbocycles. The van der Waals surface area contributed by atoms with E-state index in [9.17, 15) is 17.3 Å². The molecule has 105 valence electrons. The fourth-order valence-corrected chi connectivity index (χ4v) is 0. The summed E-state index contributed by atoms with van der Waals surface area (Å²) in [5.74, 6) is 0. The molecule has 0 unspecified atom stereocenters. The van der Waals surface area contributed by atoms with Crippen molar-refractivity contribution in [2.45, 2.75) is 13.8 Å². The molecule has 0 aromatic carbocycles. The van der Waals surface area contributed by atoms with Gasteiger partial charge in [0.05, 0.1) is 0 Å². The van der Waals surface area contributed by atoms with E-state index in [-0.39, 0.29) is 16.8 Å². The summed E-state index contributed by atoms with van der Waals surface area (Å²) < 4.78 is 61.5. The zero-order valence-corrected chi connectivity index (χ0v) is 10.6. The second-order valence-corrected chi connectivity index (χ2v) is 2.06. The third-order valence-electron chi connectivity index (χ3n) is 0.729. The first kappa shape index (κ1) is 36.0. The van der Waals surface area contributed by atoms with Gasteiger partial charge in [-0.05, 0) is 13.8 Å². The zero-order valence-electron chi connectivity index (χ0n) is 9.56. The van der Waals surface area contributed by atoms with Crippen molar-refractivity contribution in [3.05, 3.63) is 44.3 Å². The summed E-state index contributed by atoms with van der Waals surface area (Å²) in [6.45, 7) is 24.7. The maximum Gasteiger partial charge on any atom is 0 e. The molecule has 1 radical (unpaired) electrons. The molecule has 0 atom stereocenters. The van der Waals surface area contributed by atoms with Gasteiger partial charge in [0, 0.05) is 16.8 Å². The van der Waals surface area contributed by atoms with Crippen LogP contribution in [0.25, 0.3) is 0 Å². The van der Waals surface area contributed by atoms with Crippen LogP contribution in [0.15, 0.2) is 24.3 Å². The van der Waals surface area contributed by atoms with Crippen LogP contribution in [0.1, 0.15) is 13.8 Å². The van der Waals surface area contributed by atoms with Crippen molar-refractivity contribution in [2.24, 2.45) is 0 Å². The Bertz CT molecular complexity index is 226. The average Bonchev–Trinajstić information content (AvgIpc) is 2.24. The molecule has 0 bridgehead atoms. The minimum absolute atomic E-state index is 0. The van der Waals surface area contributed by atoms with Gasteiger partial charge in [0.25, 0.3) is 0 Å². The van der Waals surface area contributed by atoms with Gasteiger partial charge in [0.1, 0.15) is 0 Å². The predicted molar refractivity (Wildman–Crippen MR) is 51.6 cm³/mol. The van der Waals surface area contributed by atoms with Gasteiger partial charge in [-0.25, -0.2) is 0 Å². The van der Waals surface area contributed by atoms with Crippen molar-refractivity contribution in [2.75, 3.05) is 0 Å². The Kier molecular flexibility index (Phi) is 59.4. The predicted octanol–water partition coefficient (Wildman–Crippen LogP) is 3.32. The molecule has 0 heterocycles. The summed E-state index contributed by atoms with van der Waals surface area (Å²) in [5.41, 5.74) is 2.13. The van der Waals surface area contributed by atoms with Crippen molar-refractivity contribution in [3.63, 3.8) is 0 Å². The van der Waals surface area contributed by atoms with Crippen molar-refractivity contribution in [3.8, 4) is 0 Å². The van der Waals surface area contributed by atoms with Gasteiger partial charge in [0.2, 0.25) is 0 Å². The van der Waals surface area contributed by atoms with Gasteiger partial charge in [-0.1, -0.05) is 24.3 Å². The maximum absolute atomic E-state index is 9.75. The molecular weight excluding hydrogens is 302 g/mol. The van der Waals surface area contributed by atoms with Crippen molar-refractivity contribution >= 4 is 7.25 Å². The fraction of sp³-hybridized carbons (Fsp3) is 0.222. The van der Waals surface area contributed by atoms with Crippen LogP contribution in [0, 0.1) is 20.0 Å². The summed E-state index contributed by atoms with van der Waals surface area (Å²) in [4.78, 5) is 0. The summed E-state index contributed by atoms with van der Waals surface area (Å²) in [6, 6.07) is 0. The van der Waals surface area contributed by atoms with Gasteiger partial charge in [-0.2, -0.15) is 0 Å². The van der Waals surface area contributed by atoms with Crippen LogP contribution in [0.5, 0.6) is 0 Å². The van der Waals surface area contributed by atoms with Crippen LogP contribution in [-0.4, -0.2) is 7.25 Å². The van der Waals surface area contributed by atoms with E-state index in [1.54, 1.807) is 0 Å². The standard InChI is InChI=1S/C6H10.3CO.BF4.Co/c1-5(2)6(3)4;3*1-2;2-1(3,4)5;/h1,3H2,2,4H3;;;;;/q;;;;-1;. The molecule has 0 aromatic rings. The SMILES string of the molecule is C=C(C)C(=C)C.F[B-](F)(F)F.[C-]#[O+].[C-]#[O+].[C-]#[O+].[Co]. The van der Waals surface area contributed by atoms with E-state index >= 15 is 0 Å². The van der Waals surface area contributed by atoms with Gasteiger partial charge >= 0.3 is 41.2 Å². The van der Waals surface area contributed by atoms with E-state index in [0.717, 1.165) is 11.1 Å². The second-order valence-electron chi connectivity index (χ2n) is 2.06. The maximum atomic E-state index is 9.75. The van der Waals surface area contributed by atoms with E-state index in [1.165, 1.54) is 0 Å². The van der Waals surface area contributed by atoms with Crippen LogP contribution < -0.4 is 0 Å². The van der Waals surface area contributed by atoms with Crippen molar-refractivity contribution in [1.29, 1.82) is 0 Å². The van der Waals surface area contributed by atoms with Crippen LogP contribution in [0.2, 0.25) is 0 Å². The molecule has 0 fully saturated rings. The van der Waals surface area contributed by atoms with Crippen LogP contribution in [0.4, 0.5) is 17.3 Å². The fourth-order valence-electron chi connectivity index (χ4n) is 0. The number of rotatable bonds is 1. The molecule has 0 amide bonds. The summed E-state index contributed by atoms with van der Waals surface area (Å²) in [5, 5.41) is 0. The zero-order chi connectivity index (χ0) is 15.7. The molecule has 0 saturated heterocycles. The Morgan fingerprint density at radius 1 is 0.778 bits per heavy atom. The minimum atomic E-state index is -6.00. The van der Waals surface area contributed by atoms with Crippen LogP contribution >= 0.6 is 0 Å². The Hall–Kier alpha value is -1.01. The van der Waals surface area contributed by atoms with Gasteiger partial charge in [-0.15, -0.1) is 0 Å². The monoisotopic (exact) mass is 312 g/mol. The third-order valence-corrected chi connectivity index (χ3v) is 0.729. The number of hydrogen-bond donors (Lipinski definition) is 0. The average molecular weight is 312 g/mol. The number of allylic oxidation sites excluding steroid dienone is 2. The molecule has 9 heteroatoms. The summed E-state index contributed by atoms with van der Waals surface area (Å²) in [7, 11) is -6.00. The molecule has 0 aromatic heterocycles. The first-order valence-electron chi connectivity index (χ1n) is 3.44. The van der Waals surface area contributed by atoms with E-state index in [2.05, 4.69) is 33.1 Å². The topological polar surface area (TPSA) is 59.7 Å². The Balaban J connectivity index is -0.0000000274. The minimum Gasteiger partial charge on any atom is 0 e. The molecule has 0 spiro atoms. The smallest absolute Gasteiger partial charge is 0 e. The number of hydrogen-bond acceptors (Lipinski definition) is 0. The first-order chi connectivity index (χ1) is 7.64. The van der Waals surface area contributed by atoms with Gasteiger partial charge in [-0.3, -0.25) is 0 Å². The Labute approximate surface area is 114 Å². The Morgan fingerprint density at radius 3 is 0.833 bits per heavy atom. The van der Waals surface area contributed by atoms with E-state index in [4.69, 9.17) is 14.0 Å². The Morgan fingerprint density at radius 2 is 0.833 bits per heavy atom. The van der Waals surface area contributed by atoms with E-state index in [0.29, 0.717) is 0 Å². The third kappa shape index (κ3) is 328. The molecule has 0 aliphatic rings. The molecular formula is C9H10BCoF4O3-. The quantitative estimate of drug-likeness (QED) is 0.234. The molecule has 0 N–H and O–H groups in total. The van der Waals surface area contributed by atoms with Crippen LogP contribution in [-0.2, 0) is 30.7 Å². The summed E-state index contributed by atoms with van der Waals surface area (Å²) in [6.07, 6.45) is 0. The van der Waals surface area contributed by atoms with Crippen molar-refractivity contribution < 1.29 is 48.0 Å². The van der Waals surface area contributed by atoms with Gasteiger partial charge < -0.3 is 17.3 Å². The van der Waals surface area contributed by atoms with E-state index in [1.807, 2.05) is 13.8 Å². The largest absolute Gasteiger partial charge is 0 e. The van der Waals surface area contributed by atoms with Gasteiger partial charge in [0.15, 0.2) is 0 Å². The van der Waals surface area contributed by atoms with E-state index < -0.39 is 7.25 Å².